The first kappa shape index (κ1) is 24.3. The standard InChI is InChI=1S/C28H26N2O4S/c1-17(2)34-28(33)20-11-13-21(14-12-20)30-26(31)24(29-23-15-10-18(3)16-19(23)4)25(27(30)32)35-22-8-6-5-7-9-22/h5-17,29H,1-4H3. The number of rotatable bonds is 7. The number of thioether (sulfide) groups is 1. The number of nitrogens with zero attached hydrogens (tertiary/aromatic N) is 1. The Labute approximate surface area is 209 Å². The number of esters is 1. The Morgan fingerprint density at radius 1 is 0.914 bits per heavy atom. The lowest BCUT2D eigenvalue weighted by molar-refractivity contribution is -0.120. The zero-order valence-electron chi connectivity index (χ0n) is 20.0. The Morgan fingerprint density at radius 2 is 1.60 bits per heavy atom. The molecule has 1 aliphatic rings. The molecule has 2 amide bonds. The minimum atomic E-state index is -0.457. The molecule has 0 fully saturated rings. The molecule has 7 heteroatoms. The Hall–Kier alpha value is -3.84. The first-order valence-electron chi connectivity index (χ1n) is 11.3. The highest BCUT2D eigenvalue weighted by atomic mass is 32.2. The molecule has 0 radical (unpaired) electrons. The van der Waals surface area contributed by atoms with Crippen molar-refractivity contribution in [2.75, 3.05) is 10.2 Å². The van der Waals surface area contributed by atoms with Gasteiger partial charge >= 0.3 is 5.97 Å². The van der Waals surface area contributed by atoms with Gasteiger partial charge in [0.1, 0.15) is 10.6 Å². The van der Waals surface area contributed by atoms with Gasteiger partial charge in [-0.3, -0.25) is 9.59 Å². The molecule has 0 atom stereocenters. The topological polar surface area (TPSA) is 75.7 Å². The third-order valence-electron chi connectivity index (χ3n) is 5.35. The molecule has 0 bridgehead atoms. The number of aryl methyl sites for hydroxylation is 2. The van der Waals surface area contributed by atoms with Crippen molar-refractivity contribution in [3.63, 3.8) is 0 Å². The van der Waals surface area contributed by atoms with Gasteiger partial charge in [-0.25, -0.2) is 9.69 Å². The summed E-state index contributed by atoms with van der Waals surface area (Å²) >= 11 is 1.24. The van der Waals surface area contributed by atoms with Gasteiger partial charge in [0, 0.05) is 10.6 Å². The Morgan fingerprint density at radius 3 is 2.23 bits per heavy atom. The van der Waals surface area contributed by atoms with Crippen LogP contribution in [0.25, 0.3) is 0 Å². The summed E-state index contributed by atoms with van der Waals surface area (Å²) in [7, 11) is 0. The summed E-state index contributed by atoms with van der Waals surface area (Å²) in [6.45, 7) is 7.50. The number of hydrogen-bond donors (Lipinski definition) is 1. The van der Waals surface area contributed by atoms with Crippen LogP contribution in [0.4, 0.5) is 11.4 Å². The number of hydrogen-bond acceptors (Lipinski definition) is 6. The number of nitrogens with one attached hydrogen (secondary N) is 1. The van der Waals surface area contributed by atoms with Crippen LogP contribution in [0.3, 0.4) is 0 Å². The van der Waals surface area contributed by atoms with E-state index in [1.807, 2.05) is 62.4 Å². The van der Waals surface area contributed by atoms with Crippen molar-refractivity contribution in [1.29, 1.82) is 0 Å². The van der Waals surface area contributed by atoms with Gasteiger partial charge in [-0.05, 0) is 75.7 Å². The number of carbonyl (C=O) groups is 3. The molecule has 0 saturated carbocycles. The van der Waals surface area contributed by atoms with E-state index in [0.717, 1.165) is 26.6 Å². The zero-order chi connectivity index (χ0) is 25.1. The third kappa shape index (κ3) is 5.30. The first-order valence-corrected chi connectivity index (χ1v) is 12.1. The Bertz CT molecular complexity index is 1310. The van der Waals surface area contributed by atoms with Crippen LogP contribution in [0.15, 0.2) is 88.3 Å². The zero-order valence-corrected chi connectivity index (χ0v) is 20.8. The molecule has 178 valence electrons. The van der Waals surface area contributed by atoms with Gasteiger partial charge in [0.15, 0.2) is 0 Å². The minimum Gasteiger partial charge on any atom is -0.459 e. The molecule has 1 heterocycles. The van der Waals surface area contributed by atoms with E-state index in [-0.39, 0.29) is 11.8 Å². The van der Waals surface area contributed by atoms with E-state index in [9.17, 15) is 14.4 Å². The monoisotopic (exact) mass is 486 g/mol. The lowest BCUT2D eigenvalue weighted by Gasteiger charge is -2.16. The second-order valence-corrected chi connectivity index (χ2v) is 9.59. The summed E-state index contributed by atoms with van der Waals surface area (Å²) in [5.74, 6) is -1.33. The average Bonchev–Trinajstić information content (AvgIpc) is 3.05. The lowest BCUT2D eigenvalue weighted by atomic mass is 10.1. The van der Waals surface area contributed by atoms with Crippen LogP contribution in [-0.4, -0.2) is 23.9 Å². The summed E-state index contributed by atoms with van der Waals surface area (Å²) < 4.78 is 5.22. The highest BCUT2D eigenvalue weighted by Crippen LogP contribution is 2.38. The van der Waals surface area contributed by atoms with E-state index in [1.165, 1.54) is 11.8 Å². The van der Waals surface area contributed by atoms with Crippen LogP contribution < -0.4 is 10.2 Å². The summed E-state index contributed by atoms with van der Waals surface area (Å²) in [6, 6.07) is 21.6. The second kappa shape index (κ2) is 10.2. The molecule has 3 aromatic carbocycles. The average molecular weight is 487 g/mol. The van der Waals surface area contributed by atoms with E-state index >= 15 is 0 Å². The second-order valence-electron chi connectivity index (χ2n) is 8.51. The van der Waals surface area contributed by atoms with Gasteiger partial charge in [-0.15, -0.1) is 0 Å². The van der Waals surface area contributed by atoms with Gasteiger partial charge in [0.25, 0.3) is 11.8 Å². The summed E-state index contributed by atoms with van der Waals surface area (Å²) in [5.41, 5.74) is 3.78. The van der Waals surface area contributed by atoms with Crippen LogP contribution in [0.5, 0.6) is 0 Å². The molecule has 35 heavy (non-hydrogen) atoms. The van der Waals surface area contributed by atoms with Crippen molar-refractivity contribution in [2.24, 2.45) is 0 Å². The fourth-order valence-electron chi connectivity index (χ4n) is 3.67. The third-order valence-corrected chi connectivity index (χ3v) is 6.44. The van der Waals surface area contributed by atoms with E-state index in [2.05, 4.69) is 5.32 Å². The van der Waals surface area contributed by atoms with Crippen LogP contribution in [0, 0.1) is 13.8 Å². The molecule has 0 aliphatic carbocycles. The van der Waals surface area contributed by atoms with Gasteiger partial charge in [-0.2, -0.15) is 0 Å². The van der Waals surface area contributed by atoms with Crippen LogP contribution in [0.1, 0.15) is 35.3 Å². The van der Waals surface area contributed by atoms with Crippen molar-refractivity contribution in [2.45, 2.75) is 38.7 Å². The van der Waals surface area contributed by atoms with Crippen LogP contribution in [0.2, 0.25) is 0 Å². The molecular formula is C28H26N2O4S. The smallest absolute Gasteiger partial charge is 0.338 e. The number of benzene rings is 3. The predicted octanol–water partition coefficient (Wildman–Crippen LogP) is 5.86. The normalized spacial score (nSPS) is 13.6. The molecule has 1 N–H and O–H groups in total. The largest absolute Gasteiger partial charge is 0.459 e. The van der Waals surface area contributed by atoms with Gasteiger partial charge < -0.3 is 10.1 Å². The molecule has 4 rings (SSSR count). The molecule has 1 aliphatic heterocycles. The number of carbonyl (C=O) groups excluding carboxylic acids is 3. The molecular weight excluding hydrogens is 460 g/mol. The number of amides is 2. The van der Waals surface area contributed by atoms with Crippen LogP contribution in [-0.2, 0) is 14.3 Å². The molecule has 0 unspecified atom stereocenters. The van der Waals surface area contributed by atoms with Gasteiger partial charge in [0.2, 0.25) is 0 Å². The van der Waals surface area contributed by atoms with Gasteiger partial charge in [-0.1, -0.05) is 47.7 Å². The van der Waals surface area contributed by atoms with E-state index in [1.54, 1.807) is 38.1 Å². The molecule has 0 spiro atoms. The van der Waals surface area contributed by atoms with Crippen LogP contribution >= 0.6 is 11.8 Å². The van der Waals surface area contributed by atoms with E-state index in [4.69, 9.17) is 4.74 Å². The van der Waals surface area contributed by atoms with Crippen molar-refractivity contribution >= 4 is 40.9 Å². The fourth-order valence-corrected chi connectivity index (χ4v) is 4.62. The Kier molecular flexibility index (Phi) is 7.07. The predicted molar refractivity (Wildman–Crippen MR) is 138 cm³/mol. The maximum absolute atomic E-state index is 13.5. The highest BCUT2D eigenvalue weighted by Gasteiger charge is 2.40. The number of ether oxygens (including phenoxy) is 1. The molecule has 0 aromatic heterocycles. The van der Waals surface area contributed by atoms with Gasteiger partial charge in [0.05, 0.1) is 17.4 Å². The molecule has 3 aromatic rings. The summed E-state index contributed by atoms with van der Waals surface area (Å²) in [4.78, 5) is 41.5. The van der Waals surface area contributed by atoms with Crippen molar-refractivity contribution in [1.82, 2.24) is 0 Å². The minimum absolute atomic E-state index is 0.221. The Balaban J connectivity index is 1.68. The number of anilines is 2. The quantitative estimate of drug-likeness (QED) is 0.333. The first-order chi connectivity index (χ1) is 16.7. The van der Waals surface area contributed by atoms with Crippen molar-refractivity contribution in [3.8, 4) is 0 Å². The number of imide groups is 1. The lowest BCUT2D eigenvalue weighted by Crippen LogP contribution is -2.32. The maximum atomic E-state index is 13.5. The van der Waals surface area contributed by atoms with Crippen molar-refractivity contribution < 1.29 is 19.1 Å². The van der Waals surface area contributed by atoms with E-state index < -0.39 is 17.8 Å². The maximum Gasteiger partial charge on any atom is 0.338 e. The highest BCUT2D eigenvalue weighted by molar-refractivity contribution is 8.04. The summed E-state index contributed by atoms with van der Waals surface area (Å²) in [5, 5.41) is 3.21. The SMILES string of the molecule is Cc1ccc(NC2=C(Sc3ccccc3)C(=O)N(c3ccc(C(=O)OC(C)C)cc3)C2=O)c(C)c1. The fraction of sp³-hybridized carbons (Fsp3) is 0.179. The molecule has 0 saturated heterocycles. The van der Waals surface area contributed by atoms with Crippen molar-refractivity contribution in [3.05, 3.63) is 100 Å². The molecule has 6 nitrogen and oxygen atoms in total. The summed E-state index contributed by atoms with van der Waals surface area (Å²) in [6.07, 6.45) is -0.246. The van der Waals surface area contributed by atoms with E-state index in [0.29, 0.717) is 16.2 Å².